The number of pyridine rings is 1. The van der Waals surface area contributed by atoms with Gasteiger partial charge in [0.1, 0.15) is 0 Å². The Hall–Kier alpha value is -1.58. The largest absolute Gasteiger partial charge is 0.351 e. The van der Waals surface area contributed by atoms with Crippen molar-refractivity contribution in [2.45, 2.75) is 33.2 Å². The fourth-order valence-electron chi connectivity index (χ4n) is 2.58. The number of likely N-dealkylation sites (tertiary alicyclic amines) is 1. The molecule has 2 heterocycles. The number of hydrogen-bond donors (Lipinski definition) is 1. The number of nitrogens with zero attached hydrogens (tertiary/aromatic N) is 3. The van der Waals surface area contributed by atoms with E-state index in [2.05, 4.69) is 27.1 Å². The molecule has 0 aromatic carbocycles. The zero-order valence-corrected chi connectivity index (χ0v) is 12.2. The minimum absolute atomic E-state index is 0.735. The monoisotopic (exact) mass is 260 g/mol. The molecule has 1 atom stereocenters. The van der Waals surface area contributed by atoms with Crippen molar-refractivity contribution in [1.82, 2.24) is 15.2 Å². The van der Waals surface area contributed by atoms with Crippen molar-refractivity contribution < 1.29 is 0 Å². The predicted octanol–water partition coefficient (Wildman–Crippen LogP) is 2.20. The first-order valence-electron chi connectivity index (χ1n) is 7.07. The van der Waals surface area contributed by atoms with Crippen LogP contribution in [0.4, 0.5) is 0 Å². The van der Waals surface area contributed by atoms with Gasteiger partial charge in [0.2, 0.25) is 0 Å². The lowest BCUT2D eigenvalue weighted by Gasteiger charge is -2.33. The molecule has 0 radical (unpaired) electrons. The second kappa shape index (κ2) is 6.55. The average Bonchev–Trinajstić information content (AvgIpc) is 2.40. The van der Waals surface area contributed by atoms with Crippen LogP contribution in [-0.2, 0) is 6.54 Å². The van der Waals surface area contributed by atoms with Crippen molar-refractivity contribution >= 4 is 5.96 Å². The van der Waals surface area contributed by atoms with Gasteiger partial charge < -0.3 is 10.2 Å². The number of aryl methyl sites for hydroxylation is 1. The Morgan fingerprint density at radius 2 is 2.37 bits per heavy atom. The van der Waals surface area contributed by atoms with Gasteiger partial charge in [-0.25, -0.2) is 0 Å². The summed E-state index contributed by atoms with van der Waals surface area (Å²) >= 11 is 0. The van der Waals surface area contributed by atoms with Crippen LogP contribution in [0.3, 0.4) is 0 Å². The Bertz CT molecular complexity index is 442. The zero-order valence-electron chi connectivity index (χ0n) is 12.2. The second-order valence-electron chi connectivity index (χ2n) is 5.36. The first kappa shape index (κ1) is 13.8. The van der Waals surface area contributed by atoms with Crippen LogP contribution in [0, 0.1) is 12.8 Å². The molecule has 1 aliphatic heterocycles. The standard InChI is InChI=1S/C15H24N4/c1-12-6-5-9-19(11-12)15(16-3)17-10-14-8-4-7-13(2)18-14/h4,7-8,12H,5-6,9-11H2,1-3H3,(H,16,17). The number of rotatable bonds is 2. The highest BCUT2D eigenvalue weighted by Crippen LogP contribution is 2.15. The molecule has 1 saturated heterocycles. The van der Waals surface area contributed by atoms with Crippen LogP contribution in [0.1, 0.15) is 31.2 Å². The Kier molecular flexibility index (Phi) is 4.77. The topological polar surface area (TPSA) is 40.5 Å². The molecule has 0 spiro atoms. The van der Waals surface area contributed by atoms with Gasteiger partial charge in [0.15, 0.2) is 5.96 Å². The highest BCUT2D eigenvalue weighted by molar-refractivity contribution is 5.79. The van der Waals surface area contributed by atoms with E-state index in [0.717, 1.165) is 42.9 Å². The molecule has 1 aromatic rings. The molecule has 4 heteroatoms. The molecular formula is C15H24N4. The van der Waals surface area contributed by atoms with Gasteiger partial charge in [-0.15, -0.1) is 0 Å². The summed E-state index contributed by atoms with van der Waals surface area (Å²) in [4.78, 5) is 11.2. The molecule has 19 heavy (non-hydrogen) atoms. The lowest BCUT2D eigenvalue weighted by atomic mass is 10.0. The average molecular weight is 260 g/mol. The maximum Gasteiger partial charge on any atom is 0.193 e. The molecule has 1 fully saturated rings. The van der Waals surface area contributed by atoms with Gasteiger partial charge in [0, 0.05) is 25.8 Å². The van der Waals surface area contributed by atoms with Gasteiger partial charge in [-0.05, 0) is 37.8 Å². The number of piperidine rings is 1. The van der Waals surface area contributed by atoms with Crippen molar-refractivity contribution in [2.75, 3.05) is 20.1 Å². The molecule has 1 N–H and O–H groups in total. The molecule has 0 amide bonds. The van der Waals surface area contributed by atoms with E-state index >= 15 is 0 Å². The summed E-state index contributed by atoms with van der Waals surface area (Å²) in [5, 5.41) is 3.42. The fourth-order valence-corrected chi connectivity index (χ4v) is 2.58. The molecule has 1 aromatic heterocycles. The van der Waals surface area contributed by atoms with E-state index < -0.39 is 0 Å². The normalized spacial score (nSPS) is 20.5. The fraction of sp³-hybridized carbons (Fsp3) is 0.600. The molecule has 1 aliphatic rings. The van der Waals surface area contributed by atoms with Crippen LogP contribution in [0.5, 0.6) is 0 Å². The van der Waals surface area contributed by atoms with E-state index in [1.165, 1.54) is 12.8 Å². The minimum atomic E-state index is 0.735. The number of nitrogens with one attached hydrogen (secondary N) is 1. The first-order valence-corrected chi connectivity index (χ1v) is 7.07. The Balaban J connectivity index is 1.92. The highest BCUT2D eigenvalue weighted by atomic mass is 15.3. The smallest absolute Gasteiger partial charge is 0.193 e. The van der Waals surface area contributed by atoms with E-state index in [4.69, 9.17) is 0 Å². The summed E-state index contributed by atoms with van der Waals surface area (Å²) in [6.45, 7) is 7.26. The third kappa shape index (κ3) is 3.94. The van der Waals surface area contributed by atoms with E-state index in [-0.39, 0.29) is 0 Å². The lowest BCUT2D eigenvalue weighted by molar-refractivity contribution is 0.266. The number of aromatic nitrogens is 1. The van der Waals surface area contributed by atoms with Gasteiger partial charge in [-0.2, -0.15) is 0 Å². The SMILES string of the molecule is CN=C(NCc1cccc(C)n1)N1CCCC(C)C1. The Morgan fingerprint density at radius 3 is 3.05 bits per heavy atom. The van der Waals surface area contributed by atoms with Gasteiger partial charge in [0.25, 0.3) is 0 Å². The van der Waals surface area contributed by atoms with Crippen molar-refractivity contribution in [2.24, 2.45) is 10.9 Å². The van der Waals surface area contributed by atoms with E-state index in [9.17, 15) is 0 Å². The lowest BCUT2D eigenvalue weighted by Crippen LogP contribution is -2.45. The highest BCUT2D eigenvalue weighted by Gasteiger charge is 2.18. The Morgan fingerprint density at radius 1 is 1.53 bits per heavy atom. The molecule has 4 nitrogen and oxygen atoms in total. The van der Waals surface area contributed by atoms with Crippen molar-refractivity contribution in [1.29, 1.82) is 0 Å². The maximum absolute atomic E-state index is 4.50. The Labute approximate surface area is 115 Å². The summed E-state index contributed by atoms with van der Waals surface area (Å²) in [5.74, 6) is 1.75. The van der Waals surface area contributed by atoms with Gasteiger partial charge in [0.05, 0.1) is 12.2 Å². The van der Waals surface area contributed by atoms with Crippen LogP contribution >= 0.6 is 0 Å². The number of aliphatic imine (C=N–C) groups is 1. The summed E-state index contributed by atoms with van der Waals surface area (Å²) in [6.07, 6.45) is 2.58. The molecule has 0 saturated carbocycles. The van der Waals surface area contributed by atoms with E-state index in [0.29, 0.717) is 0 Å². The molecule has 104 valence electrons. The van der Waals surface area contributed by atoms with E-state index in [1.807, 2.05) is 32.2 Å². The van der Waals surface area contributed by atoms with Crippen LogP contribution < -0.4 is 5.32 Å². The second-order valence-corrected chi connectivity index (χ2v) is 5.36. The summed E-state index contributed by atoms with van der Waals surface area (Å²) in [5.41, 5.74) is 2.12. The molecule has 1 unspecified atom stereocenters. The summed E-state index contributed by atoms with van der Waals surface area (Å²) in [7, 11) is 1.85. The van der Waals surface area contributed by atoms with Crippen LogP contribution in [0.15, 0.2) is 23.2 Å². The third-order valence-corrected chi connectivity index (χ3v) is 3.54. The maximum atomic E-state index is 4.50. The van der Waals surface area contributed by atoms with Crippen LogP contribution in [0.25, 0.3) is 0 Å². The molecule has 2 rings (SSSR count). The predicted molar refractivity (Wildman–Crippen MR) is 79.1 cm³/mol. The van der Waals surface area contributed by atoms with Crippen molar-refractivity contribution in [3.8, 4) is 0 Å². The first-order chi connectivity index (χ1) is 9.19. The van der Waals surface area contributed by atoms with Gasteiger partial charge in [-0.1, -0.05) is 13.0 Å². The summed E-state index contributed by atoms with van der Waals surface area (Å²) in [6, 6.07) is 6.11. The molecular weight excluding hydrogens is 236 g/mol. The number of guanidine groups is 1. The van der Waals surface area contributed by atoms with E-state index in [1.54, 1.807) is 0 Å². The molecule has 0 aliphatic carbocycles. The van der Waals surface area contributed by atoms with Crippen molar-refractivity contribution in [3.63, 3.8) is 0 Å². The quantitative estimate of drug-likeness (QED) is 0.654. The van der Waals surface area contributed by atoms with Crippen molar-refractivity contribution in [3.05, 3.63) is 29.6 Å². The van der Waals surface area contributed by atoms with Crippen LogP contribution in [-0.4, -0.2) is 36.0 Å². The van der Waals surface area contributed by atoms with Gasteiger partial charge >= 0.3 is 0 Å². The molecule has 0 bridgehead atoms. The zero-order chi connectivity index (χ0) is 13.7. The summed E-state index contributed by atoms with van der Waals surface area (Å²) < 4.78 is 0. The number of hydrogen-bond acceptors (Lipinski definition) is 2. The van der Waals surface area contributed by atoms with Gasteiger partial charge in [-0.3, -0.25) is 9.98 Å². The minimum Gasteiger partial charge on any atom is -0.351 e. The van der Waals surface area contributed by atoms with Crippen LogP contribution in [0.2, 0.25) is 0 Å². The third-order valence-electron chi connectivity index (χ3n) is 3.54.